The van der Waals surface area contributed by atoms with Gasteiger partial charge in [0.05, 0.1) is 55.2 Å². The summed E-state index contributed by atoms with van der Waals surface area (Å²) in [6.45, 7) is 13.6. The molecule has 0 radical (unpaired) electrons. The number of likely N-dealkylation sites (N-methyl/N-ethyl adjacent to an activating group) is 1. The number of hydrogen-bond acceptors (Lipinski definition) is 19. The number of aliphatic hydroxyl groups excluding tert-OH is 4. The van der Waals surface area contributed by atoms with E-state index in [1.54, 1.807) is 59.7 Å². The molecule has 4 aliphatic rings. The number of aliphatic hydroxyl groups is 5. The smallest absolute Gasteiger partial charge is 0.462 e. The predicted octanol–water partition coefficient (Wildman–Crippen LogP) is 0.905. The number of cyclic esters (lactones) is 1. The minimum absolute atomic E-state index is 0.00788. The number of esters is 1. The number of ether oxygens (including phenoxy) is 9. The van der Waals surface area contributed by atoms with E-state index in [0.29, 0.717) is 12.0 Å². The first kappa shape index (κ1) is 61.1. The second-order valence-corrected chi connectivity index (χ2v) is 20.3. The van der Waals surface area contributed by atoms with Crippen molar-refractivity contribution in [2.24, 2.45) is 23.7 Å². The van der Waals surface area contributed by atoms with E-state index in [1.165, 1.54) is 27.2 Å². The molecule has 23 heteroatoms. The third-order valence-electron chi connectivity index (χ3n) is 13.4. The molecule has 0 aliphatic carbocycles. The molecule has 3 saturated heterocycles. The normalized spacial score (nSPS) is 43.5. The molecule has 0 spiro atoms. The van der Waals surface area contributed by atoms with Crippen LogP contribution in [0, 0.1) is 23.7 Å². The number of aldehydes is 1. The van der Waals surface area contributed by atoms with Crippen molar-refractivity contribution in [2.75, 3.05) is 34.9 Å². The van der Waals surface area contributed by atoms with Crippen molar-refractivity contribution in [3.8, 4) is 0 Å². The third kappa shape index (κ3) is 17.5. The molecule has 21 atom stereocenters. The number of allylic oxidation sites excluding steroid dienone is 3. The van der Waals surface area contributed by atoms with Gasteiger partial charge in [-0.1, -0.05) is 38.5 Å². The van der Waals surface area contributed by atoms with E-state index in [2.05, 4.69) is 0 Å². The van der Waals surface area contributed by atoms with Crippen LogP contribution < -0.4 is 0 Å². The van der Waals surface area contributed by atoms with Gasteiger partial charge in [0.1, 0.15) is 49.0 Å². The summed E-state index contributed by atoms with van der Waals surface area (Å²) in [6, 6.07) is -0.748. The second-order valence-electron chi connectivity index (χ2n) is 19.3. The second kappa shape index (κ2) is 27.2. The fourth-order valence-corrected chi connectivity index (χ4v) is 9.51. The summed E-state index contributed by atoms with van der Waals surface area (Å²) in [5.74, 6) is -3.59. The average molecular weight is 1010 g/mol. The fourth-order valence-electron chi connectivity index (χ4n) is 9.51. The Morgan fingerprint density at radius 3 is 2.01 bits per heavy atom. The number of nitrogens with zero attached hydrogens (tertiary/aromatic N) is 1. The highest BCUT2D eigenvalue weighted by molar-refractivity contribution is 7.45. The van der Waals surface area contributed by atoms with Crippen LogP contribution in [0.25, 0.3) is 0 Å². The number of rotatable bonds is 13. The number of carbonyl (C=O) groups is 3. The topological polar surface area (TPSA) is 316 Å². The maximum atomic E-state index is 13.8. The van der Waals surface area contributed by atoms with Crippen LogP contribution in [-0.4, -0.2) is 202 Å². The molecule has 3 fully saturated rings. The van der Waals surface area contributed by atoms with Gasteiger partial charge in [-0.2, -0.15) is 0 Å². The molecular formula is C46H80NO21P. The summed E-state index contributed by atoms with van der Waals surface area (Å²) in [4.78, 5) is 63.1. The monoisotopic (exact) mass is 1010 g/mol. The molecule has 4 heterocycles. The molecule has 0 aromatic heterocycles. The van der Waals surface area contributed by atoms with E-state index in [1.807, 2.05) is 19.9 Å². The van der Waals surface area contributed by atoms with Crippen LogP contribution in [0.2, 0.25) is 0 Å². The summed E-state index contributed by atoms with van der Waals surface area (Å²) in [7, 11) is 1.79. The van der Waals surface area contributed by atoms with E-state index in [9.17, 15) is 39.9 Å². The predicted molar refractivity (Wildman–Crippen MR) is 245 cm³/mol. The maximum Gasteiger partial charge on any atom is 0.466 e. The van der Waals surface area contributed by atoms with Crippen LogP contribution in [0.5, 0.6) is 0 Å². The van der Waals surface area contributed by atoms with E-state index in [0.717, 1.165) is 6.29 Å². The van der Waals surface area contributed by atoms with E-state index in [-0.39, 0.29) is 31.7 Å². The highest BCUT2D eigenvalue weighted by Crippen LogP contribution is 2.38. The van der Waals surface area contributed by atoms with Crippen molar-refractivity contribution < 1.29 is 102 Å². The molecule has 0 bridgehead atoms. The molecule has 1 unspecified atom stereocenters. The molecule has 0 aromatic rings. The first-order valence-electron chi connectivity index (χ1n) is 23.5. The standard InChI is InChI=1S/C46H77NO17.H3O4P/c1-13-33-30(22-58-45-42(57-12)41(56-11)37(52)26(5)60-45)18-23(2)14-15-31(49)24(3)19-29(16-17-48)39(25(4)32(50)20-34(51)62-33)64-44-38(53)36(47(9)10)40(27(6)61-44)63-35-21-46(8,55)43(54)28(7)59-35;1-5(2,3)4/h14-15,17-18,24-30,32-33,35-45,50,52-55H,13,16,19-22H2,1-12H3;(H3,1,2,3,4)/b15-14+,23-18+;/t24-,25+,26-,27-,28+,29+,30?,32-,33-,35+,36-,37-,38-,39-,40-,41-,42-,43+,44+,45-,46-;/m1./s1. The van der Waals surface area contributed by atoms with Gasteiger partial charge in [-0.25, -0.2) is 4.57 Å². The van der Waals surface area contributed by atoms with Crippen LogP contribution in [0.4, 0.5) is 0 Å². The van der Waals surface area contributed by atoms with Crippen molar-refractivity contribution in [1.29, 1.82) is 0 Å². The lowest BCUT2D eigenvalue weighted by Gasteiger charge is -2.50. The Morgan fingerprint density at radius 2 is 1.46 bits per heavy atom. The summed E-state index contributed by atoms with van der Waals surface area (Å²) in [5.41, 5.74) is -0.806. The lowest BCUT2D eigenvalue weighted by molar-refractivity contribution is -0.341. The number of methoxy groups -OCH3 is 2. The zero-order valence-corrected chi connectivity index (χ0v) is 42.8. The van der Waals surface area contributed by atoms with E-state index >= 15 is 0 Å². The van der Waals surface area contributed by atoms with Gasteiger partial charge >= 0.3 is 13.8 Å². The average Bonchev–Trinajstić information content (AvgIpc) is 3.25. The summed E-state index contributed by atoms with van der Waals surface area (Å²) >= 11 is 0. The van der Waals surface area contributed by atoms with Crippen LogP contribution in [0.3, 0.4) is 0 Å². The summed E-state index contributed by atoms with van der Waals surface area (Å²) in [5, 5.41) is 55.8. The summed E-state index contributed by atoms with van der Waals surface area (Å²) in [6.07, 6.45) is -8.49. The third-order valence-corrected chi connectivity index (χ3v) is 13.4. The molecule has 22 nitrogen and oxygen atoms in total. The quantitative estimate of drug-likeness (QED) is 0.0722. The summed E-state index contributed by atoms with van der Waals surface area (Å²) < 4.78 is 63.6. The lowest BCUT2D eigenvalue weighted by Crippen LogP contribution is -2.65. The molecule has 400 valence electrons. The van der Waals surface area contributed by atoms with Crippen molar-refractivity contribution in [3.63, 3.8) is 0 Å². The van der Waals surface area contributed by atoms with Gasteiger partial charge in [0.25, 0.3) is 0 Å². The molecule has 0 aromatic carbocycles. The Balaban J connectivity index is 0.00000239. The zero-order valence-electron chi connectivity index (χ0n) is 41.9. The Labute approximate surface area is 405 Å². The van der Waals surface area contributed by atoms with Gasteiger partial charge in [0.15, 0.2) is 24.7 Å². The lowest BCUT2D eigenvalue weighted by atomic mass is 9.79. The number of hydrogen-bond donors (Lipinski definition) is 8. The zero-order chi connectivity index (χ0) is 52.3. The van der Waals surface area contributed by atoms with Gasteiger partial charge < -0.3 is 92.5 Å². The Hall–Kier alpha value is -2.16. The van der Waals surface area contributed by atoms with Crippen molar-refractivity contribution >= 4 is 25.9 Å². The molecule has 4 rings (SSSR count). The largest absolute Gasteiger partial charge is 0.466 e. The van der Waals surface area contributed by atoms with Gasteiger partial charge in [-0.15, -0.1) is 0 Å². The van der Waals surface area contributed by atoms with Crippen LogP contribution >= 0.6 is 7.82 Å². The highest BCUT2D eigenvalue weighted by atomic mass is 31.2. The van der Waals surface area contributed by atoms with E-state index in [4.69, 9.17) is 61.9 Å². The molecule has 69 heavy (non-hydrogen) atoms. The first-order chi connectivity index (χ1) is 32.1. The van der Waals surface area contributed by atoms with E-state index < -0.39 is 148 Å². The van der Waals surface area contributed by atoms with Crippen molar-refractivity contribution in [1.82, 2.24) is 4.90 Å². The number of ketones is 1. The van der Waals surface area contributed by atoms with Crippen LogP contribution in [0.1, 0.15) is 87.5 Å². The fraction of sp³-hybridized carbons (Fsp3) is 0.848. The minimum atomic E-state index is -4.64. The van der Waals surface area contributed by atoms with Gasteiger partial charge in [-0.05, 0) is 73.5 Å². The number of phosphoric acid groups is 1. The van der Waals surface area contributed by atoms with Crippen LogP contribution in [0.15, 0.2) is 23.8 Å². The highest BCUT2D eigenvalue weighted by Gasteiger charge is 2.52. The maximum absolute atomic E-state index is 13.8. The Morgan fingerprint density at radius 1 is 0.855 bits per heavy atom. The van der Waals surface area contributed by atoms with Gasteiger partial charge in [0.2, 0.25) is 0 Å². The minimum Gasteiger partial charge on any atom is -0.462 e. The first-order valence-corrected chi connectivity index (χ1v) is 25.0. The Bertz CT molecular complexity index is 1720. The number of carbonyl (C=O) groups excluding carboxylic acids is 3. The molecular weight excluding hydrogens is 933 g/mol. The molecule has 8 N–H and O–H groups in total. The molecule has 0 amide bonds. The molecule has 4 aliphatic heterocycles. The van der Waals surface area contributed by atoms with Crippen molar-refractivity contribution in [3.05, 3.63) is 23.8 Å². The SMILES string of the molecule is CC[C@H]1OC(=O)C[C@@H](O)[C@H](C)[C@@H](O[C@@H]2O[C@H](C)[C@@H](O[C@H]3C[C@@](C)(O)[C@@H](O)[C@H](C)O3)[C@H](N(C)C)[C@H]2O)[C@@H](CC=O)C[C@@H](C)C(=O)/C=C/C(C)=C/C1CO[C@@H]1O[C@H](C)[C@@H](O)[C@@H](OC)[C@H]1OC.O=P(O)(O)O. The van der Waals surface area contributed by atoms with Crippen LogP contribution in [-0.2, 0) is 61.6 Å². The molecule has 0 saturated carbocycles. The van der Waals surface area contributed by atoms with Gasteiger partial charge in [-0.3, -0.25) is 9.59 Å². The van der Waals surface area contributed by atoms with Crippen molar-refractivity contribution in [2.45, 2.75) is 191 Å². The van der Waals surface area contributed by atoms with Gasteiger partial charge in [0, 0.05) is 44.8 Å². The Kier molecular flexibility index (Phi) is 24.1.